The summed E-state index contributed by atoms with van der Waals surface area (Å²) in [5.41, 5.74) is 5.55. The third kappa shape index (κ3) is 3.10. The number of nitrogen functional groups attached to an aromatic ring is 1. The van der Waals surface area contributed by atoms with E-state index in [0.717, 1.165) is 4.68 Å². The molecule has 7 nitrogen and oxygen atoms in total. The van der Waals surface area contributed by atoms with Gasteiger partial charge in [-0.15, -0.1) is 0 Å². The van der Waals surface area contributed by atoms with E-state index in [1.54, 1.807) is 0 Å². The number of nitrogens with one attached hydrogen (secondary N) is 1. The SMILES string of the molecule is Nc1cn(CC(=O)Nc2ccc(F)cc2)nc1C(=O)O. The van der Waals surface area contributed by atoms with Crippen LogP contribution < -0.4 is 11.1 Å². The van der Waals surface area contributed by atoms with E-state index in [1.165, 1.54) is 30.5 Å². The predicted octanol–water partition coefficient (Wildman–Crippen LogP) is 0.941. The molecular formula is C12H11FN4O3. The average molecular weight is 278 g/mol. The third-order valence-electron chi connectivity index (χ3n) is 2.43. The first-order chi connectivity index (χ1) is 9.45. The highest BCUT2D eigenvalue weighted by Crippen LogP contribution is 2.10. The van der Waals surface area contributed by atoms with Crippen molar-refractivity contribution in [2.24, 2.45) is 0 Å². The first kappa shape index (κ1) is 13.5. The molecule has 0 atom stereocenters. The molecule has 0 aliphatic rings. The average Bonchev–Trinajstić information content (AvgIpc) is 2.73. The molecule has 0 bridgehead atoms. The normalized spacial score (nSPS) is 10.2. The number of benzene rings is 1. The number of anilines is 2. The highest BCUT2D eigenvalue weighted by molar-refractivity contribution is 5.92. The second kappa shape index (κ2) is 5.39. The van der Waals surface area contributed by atoms with Crippen molar-refractivity contribution in [2.45, 2.75) is 6.54 Å². The number of halogens is 1. The number of aromatic carboxylic acids is 1. The van der Waals surface area contributed by atoms with Gasteiger partial charge in [-0.3, -0.25) is 9.48 Å². The maximum Gasteiger partial charge on any atom is 0.358 e. The zero-order chi connectivity index (χ0) is 14.7. The molecule has 1 aromatic heterocycles. The summed E-state index contributed by atoms with van der Waals surface area (Å²) in [6, 6.07) is 5.24. The molecule has 1 amide bonds. The third-order valence-corrected chi connectivity index (χ3v) is 2.43. The Balaban J connectivity index is 2.03. The van der Waals surface area contributed by atoms with Gasteiger partial charge >= 0.3 is 5.97 Å². The highest BCUT2D eigenvalue weighted by Gasteiger charge is 2.14. The van der Waals surface area contributed by atoms with Crippen LogP contribution in [0.15, 0.2) is 30.5 Å². The fourth-order valence-electron chi connectivity index (χ4n) is 1.56. The molecule has 0 spiro atoms. The van der Waals surface area contributed by atoms with Gasteiger partial charge in [0.15, 0.2) is 5.69 Å². The van der Waals surface area contributed by atoms with Gasteiger partial charge in [-0.25, -0.2) is 9.18 Å². The molecule has 104 valence electrons. The van der Waals surface area contributed by atoms with E-state index in [1.807, 2.05) is 0 Å². The lowest BCUT2D eigenvalue weighted by atomic mass is 10.3. The van der Waals surface area contributed by atoms with Crippen LogP contribution in [-0.4, -0.2) is 26.8 Å². The minimum Gasteiger partial charge on any atom is -0.476 e. The van der Waals surface area contributed by atoms with Crippen molar-refractivity contribution in [3.63, 3.8) is 0 Å². The molecule has 0 unspecified atom stereocenters. The summed E-state index contributed by atoms with van der Waals surface area (Å²) >= 11 is 0. The number of nitrogens with zero attached hydrogens (tertiary/aromatic N) is 2. The second-order valence-corrected chi connectivity index (χ2v) is 3.99. The van der Waals surface area contributed by atoms with Crippen molar-refractivity contribution in [1.29, 1.82) is 0 Å². The summed E-state index contributed by atoms with van der Waals surface area (Å²) in [5.74, 6) is -2.11. The minimum atomic E-state index is -1.26. The van der Waals surface area contributed by atoms with E-state index >= 15 is 0 Å². The van der Waals surface area contributed by atoms with Gasteiger partial charge in [0.1, 0.15) is 12.4 Å². The summed E-state index contributed by atoms with van der Waals surface area (Å²) in [4.78, 5) is 22.5. The highest BCUT2D eigenvalue weighted by atomic mass is 19.1. The Hall–Kier alpha value is -2.90. The van der Waals surface area contributed by atoms with E-state index in [4.69, 9.17) is 10.8 Å². The van der Waals surface area contributed by atoms with Crippen LogP contribution in [0.25, 0.3) is 0 Å². The predicted molar refractivity (Wildman–Crippen MR) is 68.6 cm³/mol. The van der Waals surface area contributed by atoms with Crippen molar-refractivity contribution in [3.05, 3.63) is 42.0 Å². The Morgan fingerprint density at radius 3 is 2.55 bits per heavy atom. The number of rotatable bonds is 4. The van der Waals surface area contributed by atoms with Crippen molar-refractivity contribution < 1.29 is 19.1 Å². The lowest BCUT2D eigenvalue weighted by molar-refractivity contribution is -0.116. The number of hydrogen-bond donors (Lipinski definition) is 3. The Labute approximate surface area is 112 Å². The summed E-state index contributed by atoms with van der Waals surface area (Å²) in [5, 5.41) is 15.0. The Kier molecular flexibility index (Phi) is 3.65. The zero-order valence-electron chi connectivity index (χ0n) is 10.2. The van der Waals surface area contributed by atoms with Crippen LogP contribution in [0.4, 0.5) is 15.8 Å². The van der Waals surface area contributed by atoms with Crippen LogP contribution in [0, 0.1) is 5.82 Å². The van der Waals surface area contributed by atoms with Crippen LogP contribution in [0.3, 0.4) is 0 Å². The van der Waals surface area contributed by atoms with Crippen molar-refractivity contribution in [3.8, 4) is 0 Å². The lowest BCUT2D eigenvalue weighted by Crippen LogP contribution is -2.19. The number of carboxylic acid groups (broad SMARTS) is 1. The molecule has 20 heavy (non-hydrogen) atoms. The summed E-state index contributed by atoms with van der Waals surface area (Å²) < 4.78 is 13.8. The molecule has 2 aromatic rings. The first-order valence-electron chi connectivity index (χ1n) is 5.57. The number of nitrogens with two attached hydrogens (primary N) is 1. The Morgan fingerprint density at radius 2 is 2.00 bits per heavy atom. The molecule has 2 rings (SSSR count). The monoisotopic (exact) mass is 278 g/mol. The molecule has 8 heteroatoms. The smallest absolute Gasteiger partial charge is 0.358 e. The van der Waals surface area contributed by atoms with Crippen LogP contribution in [0.5, 0.6) is 0 Å². The number of carbonyl (C=O) groups is 2. The fourth-order valence-corrected chi connectivity index (χ4v) is 1.56. The van der Waals surface area contributed by atoms with Gasteiger partial charge < -0.3 is 16.2 Å². The van der Waals surface area contributed by atoms with E-state index in [-0.39, 0.29) is 17.9 Å². The molecular weight excluding hydrogens is 267 g/mol. The Morgan fingerprint density at radius 1 is 1.35 bits per heavy atom. The van der Waals surface area contributed by atoms with E-state index in [0.29, 0.717) is 5.69 Å². The largest absolute Gasteiger partial charge is 0.476 e. The van der Waals surface area contributed by atoms with E-state index < -0.39 is 17.7 Å². The molecule has 0 radical (unpaired) electrons. The van der Waals surface area contributed by atoms with E-state index in [2.05, 4.69) is 10.4 Å². The second-order valence-electron chi connectivity index (χ2n) is 3.99. The van der Waals surface area contributed by atoms with Gasteiger partial charge in [-0.1, -0.05) is 0 Å². The standard InChI is InChI=1S/C12H11FN4O3/c13-7-1-3-8(4-2-7)15-10(18)6-17-5-9(14)11(16-17)12(19)20/h1-5H,6,14H2,(H,15,18)(H,19,20). The van der Waals surface area contributed by atoms with Gasteiger partial charge in [0, 0.05) is 11.9 Å². The minimum absolute atomic E-state index is 0.0212. The van der Waals surface area contributed by atoms with Crippen molar-refractivity contribution in [1.82, 2.24) is 9.78 Å². The van der Waals surface area contributed by atoms with Crippen molar-refractivity contribution in [2.75, 3.05) is 11.1 Å². The van der Waals surface area contributed by atoms with Gasteiger partial charge in [0.25, 0.3) is 0 Å². The van der Waals surface area contributed by atoms with Crippen LogP contribution in [0.1, 0.15) is 10.5 Å². The maximum atomic E-state index is 12.7. The number of aromatic nitrogens is 2. The van der Waals surface area contributed by atoms with Gasteiger partial charge in [-0.2, -0.15) is 5.10 Å². The quantitative estimate of drug-likeness (QED) is 0.771. The molecule has 0 aliphatic carbocycles. The molecule has 0 saturated heterocycles. The Bertz CT molecular complexity index is 651. The van der Waals surface area contributed by atoms with Crippen molar-refractivity contribution >= 4 is 23.3 Å². The first-order valence-corrected chi connectivity index (χ1v) is 5.57. The van der Waals surface area contributed by atoms with Gasteiger partial charge in [0.05, 0.1) is 5.69 Å². The maximum absolute atomic E-state index is 12.7. The van der Waals surface area contributed by atoms with E-state index in [9.17, 15) is 14.0 Å². The summed E-state index contributed by atoms with van der Waals surface area (Å²) in [6.45, 7) is -0.200. The fraction of sp³-hybridized carbons (Fsp3) is 0.0833. The zero-order valence-corrected chi connectivity index (χ0v) is 10.2. The number of hydrogen-bond acceptors (Lipinski definition) is 4. The molecule has 1 aromatic carbocycles. The molecule has 4 N–H and O–H groups in total. The number of carboxylic acids is 1. The lowest BCUT2D eigenvalue weighted by Gasteiger charge is -2.04. The molecule has 0 aliphatic heterocycles. The van der Waals surface area contributed by atoms with Gasteiger partial charge in [0.2, 0.25) is 5.91 Å². The molecule has 0 saturated carbocycles. The number of amides is 1. The molecule has 0 fully saturated rings. The van der Waals surface area contributed by atoms with Crippen LogP contribution in [0.2, 0.25) is 0 Å². The summed E-state index contributed by atoms with van der Waals surface area (Å²) in [6.07, 6.45) is 1.26. The van der Waals surface area contributed by atoms with Crippen LogP contribution in [-0.2, 0) is 11.3 Å². The van der Waals surface area contributed by atoms with Gasteiger partial charge in [-0.05, 0) is 24.3 Å². The topological polar surface area (TPSA) is 110 Å². The number of carbonyl (C=O) groups excluding carboxylic acids is 1. The molecule has 1 heterocycles. The summed E-state index contributed by atoms with van der Waals surface area (Å²) in [7, 11) is 0. The van der Waals surface area contributed by atoms with Crippen LogP contribution >= 0.6 is 0 Å².